The molecule has 0 unspecified atom stereocenters. The third kappa shape index (κ3) is 9.73. The van der Waals surface area contributed by atoms with Crippen LogP contribution in [-0.4, -0.2) is 33.3 Å². The van der Waals surface area contributed by atoms with Gasteiger partial charge < -0.3 is 19.0 Å². The maximum absolute atomic E-state index is 12.4. The molecule has 0 spiro atoms. The normalized spacial score (nSPS) is 11.2. The Kier molecular flexibility index (Phi) is 12.6. The monoisotopic (exact) mass is 780 g/mol. The van der Waals surface area contributed by atoms with E-state index in [4.69, 9.17) is 4.74 Å². The van der Waals surface area contributed by atoms with E-state index in [0.717, 1.165) is 40.9 Å². The number of aromatic nitrogens is 2. The first-order valence-corrected chi connectivity index (χ1v) is 20.4. The van der Waals surface area contributed by atoms with Gasteiger partial charge in [0.15, 0.2) is 0 Å². The summed E-state index contributed by atoms with van der Waals surface area (Å²) in [5.41, 5.74) is 12.4. The SMILES string of the molecule is CC(C)c1ccc(Cc2ccc3c(ccn3Cc3ccccc3)c2)c(C(=O)O)c1.COC(=O)c1cc(C(C)C)ccc1Cc1ccc2c(ccn2Cc2ccccc2)c1. The molecule has 1 N–H and O–H groups in total. The highest BCUT2D eigenvalue weighted by molar-refractivity contribution is 5.92. The van der Waals surface area contributed by atoms with Crippen molar-refractivity contribution in [3.05, 3.63) is 214 Å². The molecule has 0 saturated carbocycles. The van der Waals surface area contributed by atoms with Gasteiger partial charge in [0.1, 0.15) is 0 Å². The van der Waals surface area contributed by atoms with Crippen LogP contribution in [0.2, 0.25) is 0 Å². The van der Waals surface area contributed by atoms with Crippen LogP contribution in [-0.2, 0) is 30.7 Å². The first-order valence-electron chi connectivity index (χ1n) is 20.4. The van der Waals surface area contributed by atoms with Gasteiger partial charge in [-0.25, -0.2) is 9.59 Å². The molecule has 0 aliphatic rings. The van der Waals surface area contributed by atoms with Crippen LogP contribution in [0.15, 0.2) is 158 Å². The molecular weight excluding hydrogens is 729 g/mol. The second kappa shape index (κ2) is 18.3. The zero-order valence-electron chi connectivity index (χ0n) is 34.6. The molecule has 0 amide bonds. The van der Waals surface area contributed by atoms with E-state index in [9.17, 15) is 14.7 Å². The summed E-state index contributed by atoms with van der Waals surface area (Å²) >= 11 is 0. The van der Waals surface area contributed by atoms with Crippen molar-refractivity contribution in [3.63, 3.8) is 0 Å². The van der Waals surface area contributed by atoms with Crippen LogP contribution in [0, 0.1) is 0 Å². The van der Waals surface area contributed by atoms with Crippen LogP contribution in [0.4, 0.5) is 0 Å². The molecule has 8 aromatic rings. The number of carbonyl (C=O) groups excluding carboxylic acids is 1. The number of ether oxygens (including phenoxy) is 1. The number of fused-ring (bicyclic) bond motifs is 2. The lowest BCUT2D eigenvalue weighted by molar-refractivity contribution is 0.0598. The minimum absolute atomic E-state index is 0.275. The molecule has 8 rings (SSSR count). The van der Waals surface area contributed by atoms with E-state index >= 15 is 0 Å². The molecule has 0 atom stereocenters. The lowest BCUT2D eigenvalue weighted by Crippen LogP contribution is -2.07. The molecule has 2 aromatic heterocycles. The maximum Gasteiger partial charge on any atom is 0.338 e. The van der Waals surface area contributed by atoms with E-state index in [1.807, 2.05) is 36.4 Å². The smallest absolute Gasteiger partial charge is 0.338 e. The summed E-state index contributed by atoms with van der Waals surface area (Å²) in [5, 5.41) is 12.0. The Morgan fingerprint density at radius 1 is 0.525 bits per heavy atom. The number of benzene rings is 6. The Morgan fingerprint density at radius 2 is 0.966 bits per heavy atom. The number of nitrogens with zero attached hydrogens (tertiary/aromatic N) is 2. The van der Waals surface area contributed by atoms with E-state index in [2.05, 4.69) is 158 Å². The molecule has 0 radical (unpaired) electrons. The molecule has 6 nitrogen and oxygen atoms in total. The van der Waals surface area contributed by atoms with Crippen molar-refractivity contribution in [2.45, 2.75) is 65.5 Å². The number of rotatable bonds is 12. The number of carboxylic acid groups (broad SMARTS) is 1. The molecule has 0 aliphatic heterocycles. The van der Waals surface area contributed by atoms with Crippen LogP contribution in [0.3, 0.4) is 0 Å². The fraction of sp³-hybridized carbons (Fsp3) is 0.208. The molecule has 6 aromatic carbocycles. The fourth-order valence-corrected chi connectivity index (χ4v) is 7.71. The standard InChI is InChI=1S/C27H27NO2.C26H25NO2/c1-19(2)22-10-11-23(25(17-22)27(29)30-3)15-21-9-12-26-24(16-21)13-14-28(26)18-20-7-5-4-6-8-20;1-18(2)21-9-10-22(24(16-21)26(28)29)14-20-8-11-25-23(15-20)12-13-27(25)17-19-6-4-3-5-7-19/h4-14,16-17,19H,15,18H2,1-3H3;3-13,15-16,18H,14,17H2,1-2H3,(H,28,29). The minimum Gasteiger partial charge on any atom is -0.478 e. The lowest BCUT2D eigenvalue weighted by atomic mass is 9.93. The summed E-state index contributed by atoms with van der Waals surface area (Å²) in [6.45, 7) is 10.1. The number of carbonyl (C=O) groups is 2. The molecule has 6 heteroatoms. The van der Waals surface area contributed by atoms with Gasteiger partial charge in [0.05, 0.1) is 18.2 Å². The van der Waals surface area contributed by atoms with Crippen molar-refractivity contribution in [1.29, 1.82) is 0 Å². The highest BCUT2D eigenvalue weighted by Crippen LogP contribution is 2.27. The summed E-state index contributed by atoms with van der Waals surface area (Å²) in [5.74, 6) is -0.466. The lowest BCUT2D eigenvalue weighted by Gasteiger charge is -2.13. The summed E-state index contributed by atoms with van der Waals surface area (Å²) in [6.07, 6.45) is 5.56. The van der Waals surface area contributed by atoms with Gasteiger partial charge in [-0.05, 0) is 128 Å². The van der Waals surface area contributed by atoms with Crippen LogP contribution >= 0.6 is 0 Å². The Balaban J connectivity index is 0.000000179. The maximum atomic E-state index is 12.4. The molecule has 0 bridgehead atoms. The zero-order valence-corrected chi connectivity index (χ0v) is 34.6. The van der Waals surface area contributed by atoms with Crippen LogP contribution in [0.25, 0.3) is 21.8 Å². The van der Waals surface area contributed by atoms with Gasteiger partial charge in [-0.1, -0.05) is 125 Å². The largest absolute Gasteiger partial charge is 0.478 e. The number of carboxylic acids is 1. The van der Waals surface area contributed by atoms with Crippen molar-refractivity contribution in [2.24, 2.45) is 0 Å². The Labute approximate surface area is 347 Å². The average molecular weight is 781 g/mol. The number of methoxy groups -OCH3 is 1. The molecule has 2 heterocycles. The quantitative estimate of drug-likeness (QED) is 0.125. The van der Waals surface area contributed by atoms with E-state index in [-0.39, 0.29) is 5.97 Å². The average Bonchev–Trinajstić information content (AvgIpc) is 3.84. The van der Waals surface area contributed by atoms with Crippen molar-refractivity contribution >= 4 is 33.7 Å². The second-order valence-corrected chi connectivity index (χ2v) is 15.9. The van der Waals surface area contributed by atoms with Crippen molar-refractivity contribution in [2.75, 3.05) is 7.11 Å². The van der Waals surface area contributed by atoms with Crippen molar-refractivity contribution in [3.8, 4) is 0 Å². The predicted octanol–water partition coefficient (Wildman–Crippen LogP) is 12.3. The summed E-state index contributed by atoms with van der Waals surface area (Å²) in [4.78, 5) is 24.1. The minimum atomic E-state index is -0.863. The van der Waals surface area contributed by atoms with E-state index in [1.54, 1.807) is 0 Å². The van der Waals surface area contributed by atoms with Gasteiger partial charge in [-0.2, -0.15) is 0 Å². The number of esters is 1. The van der Waals surface area contributed by atoms with Gasteiger partial charge >= 0.3 is 11.9 Å². The molecule has 0 fully saturated rings. The van der Waals surface area contributed by atoms with Crippen molar-refractivity contribution < 1.29 is 19.4 Å². The van der Waals surface area contributed by atoms with Crippen molar-refractivity contribution in [1.82, 2.24) is 9.13 Å². The molecule has 0 saturated heterocycles. The van der Waals surface area contributed by atoms with Gasteiger partial charge in [0.25, 0.3) is 0 Å². The Morgan fingerprint density at radius 3 is 1.39 bits per heavy atom. The molecule has 0 aliphatic carbocycles. The summed E-state index contributed by atoms with van der Waals surface area (Å²) in [6, 6.07) is 50.1. The van der Waals surface area contributed by atoms with Crippen LogP contribution in [0.5, 0.6) is 0 Å². The van der Waals surface area contributed by atoms with Gasteiger partial charge in [-0.3, -0.25) is 0 Å². The van der Waals surface area contributed by atoms with E-state index in [0.29, 0.717) is 35.8 Å². The Bertz CT molecular complexity index is 2700. The molecule has 59 heavy (non-hydrogen) atoms. The topological polar surface area (TPSA) is 73.5 Å². The van der Waals surface area contributed by atoms with Crippen LogP contribution in [0.1, 0.15) is 105 Å². The summed E-state index contributed by atoms with van der Waals surface area (Å²) in [7, 11) is 1.44. The van der Waals surface area contributed by atoms with Gasteiger partial charge in [-0.15, -0.1) is 0 Å². The predicted molar refractivity (Wildman–Crippen MR) is 240 cm³/mol. The van der Waals surface area contributed by atoms with Gasteiger partial charge in [0.2, 0.25) is 0 Å². The highest BCUT2D eigenvalue weighted by Gasteiger charge is 2.16. The fourth-order valence-electron chi connectivity index (χ4n) is 7.71. The first kappa shape index (κ1) is 40.5. The molecular formula is C53H52N2O4. The van der Waals surface area contributed by atoms with E-state index in [1.165, 1.54) is 45.6 Å². The zero-order chi connectivity index (χ0) is 41.5. The molecule has 298 valence electrons. The van der Waals surface area contributed by atoms with E-state index < -0.39 is 5.97 Å². The summed E-state index contributed by atoms with van der Waals surface area (Å²) < 4.78 is 9.55. The number of hydrogen-bond acceptors (Lipinski definition) is 3. The second-order valence-electron chi connectivity index (χ2n) is 15.9. The van der Waals surface area contributed by atoms with Crippen LogP contribution < -0.4 is 0 Å². The third-order valence-corrected chi connectivity index (χ3v) is 11.1. The first-order chi connectivity index (χ1) is 28.6. The third-order valence-electron chi connectivity index (χ3n) is 11.1. The van der Waals surface area contributed by atoms with Gasteiger partial charge in [0, 0.05) is 36.5 Å². The number of aromatic carboxylic acids is 1. The number of hydrogen-bond donors (Lipinski definition) is 1. The Hall–Kier alpha value is -6.66. The highest BCUT2D eigenvalue weighted by atomic mass is 16.5.